The molecule has 1 aromatic rings. The molecule has 4 nitrogen and oxygen atoms in total. The van der Waals surface area contributed by atoms with Gasteiger partial charge in [0.1, 0.15) is 25.5 Å². The van der Waals surface area contributed by atoms with Crippen molar-refractivity contribution in [3.05, 3.63) is 31.5 Å². The molecule has 17 heavy (non-hydrogen) atoms. The first kappa shape index (κ1) is 13.5. The molecule has 0 saturated carbocycles. The third-order valence-corrected chi connectivity index (χ3v) is 2.77. The first-order valence-corrected chi connectivity index (χ1v) is 6.18. The summed E-state index contributed by atoms with van der Waals surface area (Å²) >= 11 is 0. The molecule has 0 spiro atoms. The topological polar surface area (TPSA) is 15.1 Å². The highest BCUT2D eigenvalue weighted by atomic mass is 15.2. The predicted octanol–water partition coefficient (Wildman–Crippen LogP) is 0.931. The Morgan fingerprint density at radius 2 is 2.24 bits per heavy atom. The average Bonchev–Trinajstić information content (AvgIpc) is 2.81. The van der Waals surface area contributed by atoms with Gasteiger partial charge in [-0.1, -0.05) is 6.58 Å². The zero-order chi connectivity index (χ0) is 12.7. The van der Waals surface area contributed by atoms with Crippen molar-refractivity contribution in [3.8, 4) is 0 Å². The fourth-order valence-corrected chi connectivity index (χ4v) is 1.60. The molecule has 0 radical (unpaired) electrons. The zero-order valence-electron chi connectivity index (χ0n) is 11.2. The van der Waals surface area contributed by atoms with E-state index in [0.717, 1.165) is 26.2 Å². The highest BCUT2D eigenvalue weighted by molar-refractivity contribution is 5.50. The molecule has 1 aromatic heterocycles. The molecule has 0 amide bonds. The molecule has 0 aliphatic heterocycles. The maximum absolute atomic E-state index is 3.78. The van der Waals surface area contributed by atoms with E-state index < -0.39 is 0 Å². The fraction of sp³-hybridized carbons (Fsp3) is 0.538. The van der Waals surface area contributed by atoms with E-state index in [-0.39, 0.29) is 0 Å². The number of likely N-dealkylation sites (N-methyl/N-ethyl adjacent to an activating group) is 1. The van der Waals surface area contributed by atoms with Crippen LogP contribution in [0.2, 0.25) is 0 Å². The minimum Gasteiger partial charge on any atom is -0.267 e. The van der Waals surface area contributed by atoms with Crippen LogP contribution in [0.5, 0.6) is 0 Å². The first-order valence-electron chi connectivity index (χ1n) is 6.18. The Morgan fingerprint density at radius 3 is 2.76 bits per heavy atom. The summed E-state index contributed by atoms with van der Waals surface area (Å²) in [5.74, 6) is 0. The number of aryl methyl sites for hydroxylation is 1. The predicted molar refractivity (Wildman–Crippen MR) is 70.0 cm³/mol. The third-order valence-electron chi connectivity index (χ3n) is 2.77. The highest BCUT2D eigenvalue weighted by Gasteiger charge is 2.04. The van der Waals surface area contributed by atoms with Crippen LogP contribution < -0.4 is 4.57 Å². The van der Waals surface area contributed by atoms with Crippen LogP contribution in [0.4, 0.5) is 0 Å². The Kier molecular flexibility index (Phi) is 5.46. The lowest BCUT2D eigenvalue weighted by atomic mass is 10.6. The van der Waals surface area contributed by atoms with Gasteiger partial charge in [0.2, 0.25) is 12.7 Å². The summed E-state index contributed by atoms with van der Waals surface area (Å²) in [6, 6.07) is 0. The van der Waals surface area contributed by atoms with Gasteiger partial charge in [-0.2, -0.15) is 0 Å². The lowest BCUT2D eigenvalue weighted by Crippen LogP contribution is -2.36. The molecule has 94 valence electrons. The quantitative estimate of drug-likeness (QED) is 0.390. The van der Waals surface area contributed by atoms with Gasteiger partial charge in [-0.3, -0.25) is 4.58 Å². The van der Waals surface area contributed by atoms with Crippen LogP contribution in [0.15, 0.2) is 31.5 Å². The molecular weight excluding hydrogens is 212 g/mol. The SMILES string of the molecule is C=CN(C=[N+](C)CC[n+]1ccn(CC)c1)CC. The molecule has 0 aliphatic rings. The van der Waals surface area contributed by atoms with E-state index in [2.05, 4.69) is 71.1 Å². The van der Waals surface area contributed by atoms with E-state index in [9.17, 15) is 0 Å². The number of hydrogen-bond donors (Lipinski definition) is 0. The molecule has 0 aliphatic carbocycles. The molecule has 0 N–H and O–H groups in total. The van der Waals surface area contributed by atoms with E-state index in [0.29, 0.717) is 0 Å². The average molecular weight is 236 g/mol. The maximum Gasteiger partial charge on any atom is 0.243 e. The Labute approximate surface area is 104 Å². The van der Waals surface area contributed by atoms with Crippen LogP contribution >= 0.6 is 0 Å². The highest BCUT2D eigenvalue weighted by Crippen LogP contribution is 1.84. The van der Waals surface area contributed by atoms with E-state index in [1.165, 1.54) is 0 Å². The number of nitrogens with zero attached hydrogens (tertiary/aromatic N) is 4. The summed E-state index contributed by atoms with van der Waals surface area (Å²) in [6.45, 7) is 12.0. The number of hydrogen-bond acceptors (Lipinski definition) is 0. The van der Waals surface area contributed by atoms with Gasteiger partial charge < -0.3 is 0 Å². The normalized spacial score (nSPS) is 11.6. The summed E-state index contributed by atoms with van der Waals surface area (Å²) in [4.78, 5) is 2.07. The molecule has 0 atom stereocenters. The second-order valence-corrected chi connectivity index (χ2v) is 4.09. The van der Waals surface area contributed by atoms with Crippen molar-refractivity contribution in [2.45, 2.75) is 26.9 Å². The Morgan fingerprint density at radius 1 is 1.47 bits per heavy atom. The van der Waals surface area contributed by atoms with Gasteiger partial charge in [0.05, 0.1) is 26.3 Å². The molecule has 0 aromatic carbocycles. The van der Waals surface area contributed by atoms with Crippen LogP contribution in [-0.2, 0) is 13.1 Å². The second kappa shape index (κ2) is 6.89. The molecular formula is C13H24N4+2. The van der Waals surface area contributed by atoms with Gasteiger partial charge in [-0.05, 0) is 13.8 Å². The lowest BCUT2D eigenvalue weighted by Gasteiger charge is -2.05. The standard InChI is InChI=1S/C13H24N4/c1-5-15(6-2)12-14(4)8-9-17-11-10-16(7-3)13-17/h5,10-13H,1,6-9H2,2-4H3/q+2. The van der Waals surface area contributed by atoms with Crippen molar-refractivity contribution in [1.82, 2.24) is 9.47 Å². The van der Waals surface area contributed by atoms with E-state index in [4.69, 9.17) is 0 Å². The van der Waals surface area contributed by atoms with Crippen molar-refractivity contribution in [1.29, 1.82) is 0 Å². The van der Waals surface area contributed by atoms with Gasteiger partial charge in [0.25, 0.3) is 0 Å². The Hall–Kier alpha value is -1.58. The molecule has 0 fully saturated rings. The van der Waals surface area contributed by atoms with Crippen LogP contribution in [0, 0.1) is 0 Å². The van der Waals surface area contributed by atoms with E-state index in [1.54, 1.807) is 0 Å². The van der Waals surface area contributed by atoms with Gasteiger partial charge >= 0.3 is 0 Å². The maximum atomic E-state index is 3.78. The minimum atomic E-state index is 0.952. The van der Waals surface area contributed by atoms with Crippen LogP contribution in [-0.4, -0.2) is 40.5 Å². The molecule has 0 saturated heterocycles. The monoisotopic (exact) mass is 236 g/mol. The smallest absolute Gasteiger partial charge is 0.243 e. The number of aromatic nitrogens is 2. The summed E-state index contributed by atoms with van der Waals surface area (Å²) < 4.78 is 6.56. The summed E-state index contributed by atoms with van der Waals surface area (Å²) in [6.07, 6.45) is 10.3. The van der Waals surface area contributed by atoms with Gasteiger partial charge in [-0.25, -0.2) is 14.0 Å². The van der Waals surface area contributed by atoms with Crippen molar-refractivity contribution < 1.29 is 9.14 Å². The molecule has 0 bridgehead atoms. The van der Waals surface area contributed by atoms with Gasteiger partial charge in [0.15, 0.2) is 0 Å². The van der Waals surface area contributed by atoms with E-state index in [1.807, 2.05) is 6.20 Å². The first-order chi connectivity index (χ1) is 8.19. The molecule has 1 heterocycles. The molecule has 4 heteroatoms. The molecule has 0 unspecified atom stereocenters. The Bertz CT molecular complexity index is 379. The van der Waals surface area contributed by atoms with E-state index >= 15 is 0 Å². The minimum absolute atomic E-state index is 0.952. The zero-order valence-corrected chi connectivity index (χ0v) is 11.2. The molecule has 1 rings (SSSR count). The second-order valence-electron chi connectivity index (χ2n) is 4.09. The van der Waals surface area contributed by atoms with Gasteiger partial charge in [0, 0.05) is 0 Å². The fourth-order valence-electron chi connectivity index (χ4n) is 1.60. The summed E-state index contributed by atoms with van der Waals surface area (Å²) in [5.41, 5.74) is 0. The summed E-state index contributed by atoms with van der Waals surface area (Å²) in [7, 11) is 2.09. The van der Waals surface area contributed by atoms with Crippen LogP contribution in [0.3, 0.4) is 0 Å². The third kappa shape index (κ3) is 4.43. The van der Waals surface area contributed by atoms with Crippen molar-refractivity contribution in [2.75, 3.05) is 20.1 Å². The number of rotatable bonds is 7. The lowest BCUT2D eigenvalue weighted by molar-refractivity contribution is -0.719. The van der Waals surface area contributed by atoms with Crippen molar-refractivity contribution >= 4 is 6.34 Å². The van der Waals surface area contributed by atoms with Crippen molar-refractivity contribution in [2.24, 2.45) is 0 Å². The van der Waals surface area contributed by atoms with Crippen molar-refractivity contribution in [3.63, 3.8) is 0 Å². The van der Waals surface area contributed by atoms with Gasteiger partial charge in [-0.15, -0.1) is 0 Å². The van der Waals surface area contributed by atoms with Crippen LogP contribution in [0.25, 0.3) is 0 Å². The van der Waals surface area contributed by atoms with Crippen LogP contribution in [0.1, 0.15) is 13.8 Å². The Balaban J connectivity index is 2.46. The largest absolute Gasteiger partial charge is 0.267 e. The number of imidazole rings is 1. The summed E-state index contributed by atoms with van der Waals surface area (Å²) in [5, 5.41) is 0.